The molecule has 0 saturated carbocycles. The van der Waals surface area contributed by atoms with E-state index < -0.39 is 0 Å². The zero-order valence-electron chi connectivity index (χ0n) is 14.6. The van der Waals surface area contributed by atoms with Gasteiger partial charge in [0.05, 0.1) is 13.3 Å². The number of ether oxygens (including phenoxy) is 1. The van der Waals surface area contributed by atoms with Gasteiger partial charge in [-0.15, -0.1) is 0 Å². The van der Waals surface area contributed by atoms with E-state index in [1.54, 1.807) is 18.2 Å². The topological polar surface area (TPSA) is 71.0 Å². The zero-order valence-corrected chi connectivity index (χ0v) is 14.6. The molecule has 2 amide bonds. The summed E-state index contributed by atoms with van der Waals surface area (Å²) in [6.07, 6.45) is 1.99. The quantitative estimate of drug-likeness (QED) is 0.640. The number of hydrogen-bond acceptors (Lipinski definition) is 4. The Bertz CT molecular complexity index is 788. The predicted octanol–water partition coefficient (Wildman–Crippen LogP) is 2.16. The molecule has 6 nitrogen and oxygen atoms in total. The number of rotatable bonds is 6. The monoisotopic (exact) mass is 351 g/mol. The van der Waals surface area contributed by atoms with Crippen LogP contribution in [0, 0.1) is 0 Å². The third-order valence-corrected chi connectivity index (χ3v) is 4.34. The largest absolute Gasteiger partial charge is 0.497 e. The van der Waals surface area contributed by atoms with E-state index >= 15 is 0 Å². The number of hydrazone groups is 1. The van der Waals surface area contributed by atoms with Crippen molar-refractivity contribution in [2.24, 2.45) is 5.10 Å². The molecule has 1 heterocycles. The van der Waals surface area contributed by atoms with Gasteiger partial charge in [0.1, 0.15) is 12.3 Å². The van der Waals surface area contributed by atoms with Crippen LogP contribution in [0.4, 0.5) is 0 Å². The Morgan fingerprint density at radius 3 is 2.65 bits per heavy atom. The minimum absolute atomic E-state index is 0.00635. The summed E-state index contributed by atoms with van der Waals surface area (Å²) in [5.74, 6) is 0.580. The molecule has 0 unspecified atom stereocenters. The van der Waals surface area contributed by atoms with Gasteiger partial charge in [-0.05, 0) is 35.4 Å². The number of hydrogen-bond donors (Lipinski definition) is 1. The normalized spacial score (nSPS) is 16.9. The van der Waals surface area contributed by atoms with Crippen LogP contribution < -0.4 is 10.2 Å². The number of carbonyl (C=O) groups excluding carboxylic acids is 2. The van der Waals surface area contributed by atoms with Gasteiger partial charge in [0, 0.05) is 18.9 Å². The number of benzene rings is 2. The molecule has 1 aliphatic rings. The maximum absolute atomic E-state index is 12.1. The highest BCUT2D eigenvalue weighted by molar-refractivity contribution is 5.87. The number of carbonyl (C=O) groups is 2. The second-order valence-electron chi connectivity index (χ2n) is 6.15. The minimum atomic E-state index is -0.308. The van der Waals surface area contributed by atoms with Crippen molar-refractivity contribution in [3.8, 4) is 5.75 Å². The summed E-state index contributed by atoms with van der Waals surface area (Å²) in [6.45, 7) is 0.570. The Morgan fingerprint density at radius 2 is 1.96 bits per heavy atom. The fourth-order valence-corrected chi connectivity index (χ4v) is 2.95. The molecular formula is C20H21N3O3. The molecule has 26 heavy (non-hydrogen) atoms. The van der Waals surface area contributed by atoms with Crippen LogP contribution in [0.3, 0.4) is 0 Å². The van der Waals surface area contributed by atoms with Crippen LogP contribution >= 0.6 is 0 Å². The van der Waals surface area contributed by atoms with E-state index in [4.69, 9.17) is 4.74 Å². The van der Waals surface area contributed by atoms with Gasteiger partial charge in [0.2, 0.25) is 5.91 Å². The first-order valence-corrected chi connectivity index (χ1v) is 8.44. The molecule has 2 aromatic carbocycles. The molecule has 0 spiro atoms. The van der Waals surface area contributed by atoms with Crippen LogP contribution in [0.15, 0.2) is 59.7 Å². The SMILES string of the molecule is COc1ccc(C=NNC(=O)CN2C[C@@H](c3ccccc3)CC2=O)cc1. The average Bonchev–Trinajstić information content (AvgIpc) is 3.03. The fraction of sp³-hybridized carbons (Fsp3) is 0.250. The fourth-order valence-electron chi connectivity index (χ4n) is 2.95. The highest BCUT2D eigenvalue weighted by atomic mass is 16.5. The first-order chi connectivity index (χ1) is 12.7. The average molecular weight is 351 g/mol. The molecule has 0 aliphatic carbocycles. The van der Waals surface area contributed by atoms with Gasteiger partial charge in [-0.3, -0.25) is 9.59 Å². The summed E-state index contributed by atoms with van der Waals surface area (Å²) >= 11 is 0. The van der Waals surface area contributed by atoms with Crippen molar-refractivity contribution in [3.05, 3.63) is 65.7 Å². The van der Waals surface area contributed by atoms with Crippen molar-refractivity contribution < 1.29 is 14.3 Å². The van der Waals surface area contributed by atoms with Crippen LogP contribution in [-0.4, -0.2) is 43.1 Å². The maximum atomic E-state index is 12.1. The smallest absolute Gasteiger partial charge is 0.259 e. The molecule has 1 fully saturated rings. The molecule has 3 rings (SSSR count). The van der Waals surface area contributed by atoms with Crippen molar-refractivity contribution in [1.82, 2.24) is 10.3 Å². The van der Waals surface area contributed by atoms with E-state index in [-0.39, 0.29) is 24.3 Å². The Kier molecular flexibility index (Phi) is 5.63. The summed E-state index contributed by atoms with van der Waals surface area (Å²) in [5, 5.41) is 3.94. The third-order valence-electron chi connectivity index (χ3n) is 4.34. The molecule has 134 valence electrons. The number of likely N-dealkylation sites (tertiary alicyclic amines) is 1. The summed E-state index contributed by atoms with van der Waals surface area (Å²) in [5.41, 5.74) is 4.43. The van der Waals surface area contributed by atoms with Crippen molar-refractivity contribution in [3.63, 3.8) is 0 Å². The van der Waals surface area contributed by atoms with E-state index in [0.29, 0.717) is 13.0 Å². The zero-order chi connectivity index (χ0) is 18.4. The molecule has 2 aromatic rings. The Labute approximate surface area is 152 Å². The van der Waals surface area contributed by atoms with E-state index in [1.807, 2.05) is 54.6 Å². The number of nitrogens with one attached hydrogen (secondary N) is 1. The number of amides is 2. The van der Waals surface area contributed by atoms with Gasteiger partial charge in [-0.1, -0.05) is 30.3 Å². The molecule has 6 heteroatoms. The van der Waals surface area contributed by atoms with Gasteiger partial charge >= 0.3 is 0 Å². The van der Waals surface area contributed by atoms with Crippen molar-refractivity contribution in [2.45, 2.75) is 12.3 Å². The summed E-state index contributed by atoms with van der Waals surface area (Å²) in [6, 6.07) is 17.2. The standard InChI is InChI=1S/C20H21N3O3/c1-26-18-9-7-15(8-10-18)12-21-22-19(24)14-23-13-17(11-20(23)25)16-5-3-2-4-6-16/h2-10,12,17H,11,13-14H2,1H3,(H,22,24)/t17-/m0/s1. The molecule has 0 radical (unpaired) electrons. The highest BCUT2D eigenvalue weighted by Gasteiger charge is 2.31. The lowest BCUT2D eigenvalue weighted by Crippen LogP contribution is -2.36. The predicted molar refractivity (Wildman–Crippen MR) is 99.1 cm³/mol. The summed E-state index contributed by atoms with van der Waals surface area (Å²) < 4.78 is 5.09. The van der Waals surface area contributed by atoms with Crippen LogP contribution in [0.2, 0.25) is 0 Å². The molecule has 1 N–H and O–H groups in total. The minimum Gasteiger partial charge on any atom is -0.497 e. The van der Waals surface area contributed by atoms with Gasteiger partial charge in [-0.25, -0.2) is 5.43 Å². The maximum Gasteiger partial charge on any atom is 0.259 e. The van der Waals surface area contributed by atoms with Gasteiger partial charge in [0.25, 0.3) is 5.91 Å². The Balaban J connectivity index is 1.50. The Hall–Kier alpha value is -3.15. The van der Waals surface area contributed by atoms with Crippen molar-refractivity contribution in [1.29, 1.82) is 0 Å². The number of methoxy groups -OCH3 is 1. The first-order valence-electron chi connectivity index (χ1n) is 8.44. The molecule has 1 atom stereocenters. The second kappa shape index (κ2) is 8.29. The van der Waals surface area contributed by atoms with E-state index in [9.17, 15) is 9.59 Å². The van der Waals surface area contributed by atoms with Crippen LogP contribution in [0.25, 0.3) is 0 Å². The van der Waals surface area contributed by atoms with Crippen LogP contribution in [0.1, 0.15) is 23.5 Å². The number of nitrogens with zero attached hydrogens (tertiary/aromatic N) is 2. The van der Waals surface area contributed by atoms with Crippen LogP contribution in [0.5, 0.6) is 5.75 Å². The lowest BCUT2D eigenvalue weighted by Gasteiger charge is -2.15. The van der Waals surface area contributed by atoms with E-state index in [1.165, 1.54) is 0 Å². The van der Waals surface area contributed by atoms with E-state index in [0.717, 1.165) is 16.9 Å². The molecule has 1 aliphatic heterocycles. The summed E-state index contributed by atoms with van der Waals surface area (Å²) in [4.78, 5) is 25.8. The lowest BCUT2D eigenvalue weighted by atomic mass is 9.99. The van der Waals surface area contributed by atoms with Crippen molar-refractivity contribution in [2.75, 3.05) is 20.2 Å². The van der Waals surface area contributed by atoms with E-state index in [2.05, 4.69) is 10.5 Å². The second-order valence-corrected chi connectivity index (χ2v) is 6.15. The molecular weight excluding hydrogens is 330 g/mol. The lowest BCUT2D eigenvalue weighted by molar-refractivity contribution is -0.133. The van der Waals surface area contributed by atoms with Gasteiger partial charge in [-0.2, -0.15) is 5.10 Å². The van der Waals surface area contributed by atoms with Gasteiger partial charge < -0.3 is 9.64 Å². The molecule has 1 saturated heterocycles. The Morgan fingerprint density at radius 1 is 1.23 bits per heavy atom. The van der Waals surface area contributed by atoms with Gasteiger partial charge in [0.15, 0.2) is 0 Å². The van der Waals surface area contributed by atoms with Crippen molar-refractivity contribution >= 4 is 18.0 Å². The first kappa shape index (κ1) is 17.7. The van der Waals surface area contributed by atoms with Crippen LogP contribution in [-0.2, 0) is 9.59 Å². The summed E-state index contributed by atoms with van der Waals surface area (Å²) in [7, 11) is 1.60. The highest BCUT2D eigenvalue weighted by Crippen LogP contribution is 2.27. The molecule has 0 bridgehead atoms. The molecule has 0 aromatic heterocycles. The third kappa shape index (κ3) is 4.47.